The number of carboxylic acid groups (broad SMARTS) is 1. The molecule has 4 nitrogen and oxygen atoms in total. The normalized spacial score (nSPS) is 12.3. The molecule has 0 radical (unpaired) electrons. The fourth-order valence-electron chi connectivity index (χ4n) is 2.32. The Hall–Kier alpha value is -1.55. The molecule has 1 aromatic carbocycles. The molecule has 0 aliphatic rings. The number of aryl methyl sites for hydroxylation is 1. The lowest BCUT2D eigenvalue weighted by Gasteiger charge is -2.18. The minimum Gasteiger partial charge on any atom is -0.478 e. The van der Waals surface area contributed by atoms with Crippen LogP contribution in [0.25, 0.3) is 0 Å². The third-order valence-electron chi connectivity index (χ3n) is 3.81. The van der Waals surface area contributed by atoms with Gasteiger partial charge in [0.05, 0.1) is 11.1 Å². The molecule has 0 bridgehead atoms. The second-order valence-electron chi connectivity index (χ2n) is 6.05. The van der Waals surface area contributed by atoms with E-state index < -0.39 is 11.9 Å². The van der Waals surface area contributed by atoms with Crippen LogP contribution in [0, 0.1) is 5.92 Å². The SMILES string of the molecule is CCc1cc(C(=O)O)c(C(=O)OC(CC)CCC(C)C)cc1Cl. The monoisotopic (exact) mass is 340 g/mol. The van der Waals surface area contributed by atoms with E-state index in [0.29, 0.717) is 29.3 Å². The van der Waals surface area contributed by atoms with Crippen molar-refractivity contribution in [2.75, 3.05) is 0 Å². The number of carboxylic acids is 1. The number of halogens is 1. The Morgan fingerprint density at radius 2 is 1.83 bits per heavy atom. The highest BCUT2D eigenvalue weighted by Gasteiger charge is 2.22. The largest absolute Gasteiger partial charge is 0.478 e. The van der Waals surface area contributed by atoms with Crippen molar-refractivity contribution >= 4 is 23.5 Å². The van der Waals surface area contributed by atoms with Crippen molar-refractivity contribution in [2.24, 2.45) is 5.92 Å². The van der Waals surface area contributed by atoms with E-state index in [1.807, 2.05) is 13.8 Å². The predicted octanol–water partition coefficient (Wildman–Crippen LogP) is 4.97. The van der Waals surface area contributed by atoms with Crippen LogP contribution in [0.5, 0.6) is 0 Å². The van der Waals surface area contributed by atoms with Gasteiger partial charge in [-0.3, -0.25) is 0 Å². The van der Waals surface area contributed by atoms with E-state index in [9.17, 15) is 14.7 Å². The molecule has 0 aliphatic heterocycles. The fraction of sp³-hybridized carbons (Fsp3) is 0.556. The highest BCUT2D eigenvalue weighted by atomic mass is 35.5. The lowest BCUT2D eigenvalue weighted by molar-refractivity contribution is 0.0255. The smallest absolute Gasteiger partial charge is 0.339 e. The first-order valence-electron chi connectivity index (χ1n) is 8.06. The summed E-state index contributed by atoms with van der Waals surface area (Å²) in [5.41, 5.74) is 0.658. The summed E-state index contributed by atoms with van der Waals surface area (Å²) in [6.45, 7) is 8.05. The number of benzene rings is 1. The van der Waals surface area contributed by atoms with E-state index in [2.05, 4.69) is 13.8 Å². The van der Waals surface area contributed by atoms with Gasteiger partial charge in [0.1, 0.15) is 6.10 Å². The Morgan fingerprint density at radius 3 is 2.30 bits per heavy atom. The zero-order valence-corrected chi connectivity index (χ0v) is 14.9. The Balaban J connectivity index is 3.02. The maximum atomic E-state index is 12.4. The molecule has 1 unspecified atom stereocenters. The van der Waals surface area contributed by atoms with Gasteiger partial charge in [-0.05, 0) is 49.3 Å². The molecule has 0 heterocycles. The highest BCUT2D eigenvalue weighted by Crippen LogP contribution is 2.24. The molecule has 1 atom stereocenters. The molecule has 0 saturated heterocycles. The van der Waals surface area contributed by atoms with Gasteiger partial charge < -0.3 is 9.84 Å². The number of rotatable bonds is 8. The topological polar surface area (TPSA) is 63.6 Å². The quantitative estimate of drug-likeness (QED) is 0.678. The van der Waals surface area contributed by atoms with Crippen LogP contribution < -0.4 is 0 Å². The van der Waals surface area contributed by atoms with Gasteiger partial charge in [-0.1, -0.05) is 39.3 Å². The molecule has 0 amide bonds. The Labute approximate surface area is 142 Å². The standard InChI is InChI=1S/C18H25ClO4/c1-5-12-9-14(17(20)21)15(10-16(12)19)18(22)23-13(6-2)8-7-11(3)4/h9-11,13H,5-8H2,1-4H3,(H,20,21). The summed E-state index contributed by atoms with van der Waals surface area (Å²) in [5.74, 6) is -1.25. The second kappa shape index (κ2) is 8.92. The zero-order chi connectivity index (χ0) is 17.6. The molecule has 1 aromatic rings. The van der Waals surface area contributed by atoms with Crippen LogP contribution in [-0.4, -0.2) is 23.1 Å². The van der Waals surface area contributed by atoms with Crippen molar-refractivity contribution in [3.63, 3.8) is 0 Å². The first-order valence-corrected chi connectivity index (χ1v) is 8.44. The van der Waals surface area contributed by atoms with Crippen molar-refractivity contribution in [2.45, 2.75) is 59.5 Å². The summed E-state index contributed by atoms with van der Waals surface area (Å²) >= 11 is 6.12. The van der Waals surface area contributed by atoms with Gasteiger partial charge >= 0.3 is 11.9 Å². The summed E-state index contributed by atoms with van der Waals surface area (Å²) in [6, 6.07) is 2.86. The second-order valence-corrected chi connectivity index (χ2v) is 6.46. The first kappa shape index (κ1) is 19.5. The van der Waals surface area contributed by atoms with Crippen molar-refractivity contribution in [3.05, 3.63) is 33.8 Å². The van der Waals surface area contributed by atoms with E-state index in [-0.39, 0.29) is 17.2 Å². The Bertz CT molecular complexity index is 566. The summed E-state index contributed by atoms with van der Waals surface area (Å²) in [4.78, 5) is 23.8. The molecular weight excluding hydrogens is 316 g/mol. The summed E-state index contributed by atoms with van der Waals surface area (Å²) in [5, 5.41) is 9.73. The number of carbonyl (C=O) groups is 2. The average Bonchev–Trinajstić information content (AvgIpc) is 2.50. The number of hydrogen-bond acceptors (Lipinski definition) is 3. The molecule has 0 aliphatic carbocycles. The molecule has 0 fully saturated rings. The van der Waals surface area contributed by atoms with E-state index in [1.165, 1.54) is 12.1 Å². The van der Waals surface area contributed by atoms with Crippen molar-refractivity contribution < 1.29 is 19.4 Å². The van der Waals surface area contributed by atoms with Gasteiger partial charge in [0.2, 0.25) is 0 Å². The summed E-state index contributed by atoms with van der Waals surface area (Å²) < 4.78 is 5.49. The van der Waals surface area contributed by atoms with Crippen LogP contribution >= 0.6 is 11.6 Å². The third kappa shape index (κ3) is 5.54. The van der Waals surface area contributed by atoms with Crippen molar-refractivity contribution in [3.8, 4) is 0 Å². The van der Waals surface area contributed by atoms with E-state index in [0.717, 1.165) is 12.8 Å². The van der Waals surface area contributed by atoms with Crippen LogP contribution in [0.4, 0.5) is 0 Å². The predicted molar refractivity (Wildman–Crippen MR) is 91.4 cm³/mol. The molecule has 0 aromatic heterocycles. The minimum absolute atomic E-state index is 0.0164. The van der Waals surface area contributed by atoms with E-state index in [4.69, 9.17) is 16.3 Å². The molecule has 0 spiro atoms. The Morgan fingerprint density at radius 1 is 1.17 bits per heavy atom. The molecule has 23 heavy (non-hydrogen) atoms. The van der Waals surface area contributed by atoms with Crippen molar-refractivity contribution in [1.82, 2.24) is 0 Å². The fourth-order valence-corrected chi connectivity index (χ4v) is 2.61. The first-order chi connectivity index (χ1) is 10.8. The van der Waals surface area contributed by atoms with Crippen LogP contribution in [0.3, 0.4) is 0 Å². The minimum atomic E-state index is -1.15. The molecule has 128 valence electrons. The molecule has 1 rings (SSSR count). The zero-order valence-electron chi connectivity index (χ0n) is 14.2. The number of carbonyl (C=O) groups excluding carboxylic acids is 1. The van der Waals surface area contributed by atoms with Gasteiger partial charge in [-0.15, -0.1) is 0 Å². The van der Waals surface area contributed by atoms with Crippen molar-refractivity contribution in [1.29, 1.82) is 0 Å². The molecule has 5 heteroatoms. The maximum absolute atomic E-state index is 12.4. The number of esters is 1. The lowest BCUT2D eigenvalue weighted by Crippen LogP contribution is -2.20. The highest BCUT2D eigenvalue weighted by molar-refractivity contribution is 6.32. The van der Waals surface area contributed by atoms with Gasteiger partial charge in [-0.25, -0.2) is 9.59 Å². The van der Waals surface area contributed by atoms with Gasteiger partial charge in [-0.2, -0.15) is 0 Å². The summed E-state index contributed by atoms with van der Waals surface area (Å²) in [6.07, 6.45) is 2.80. The van der Waals surface area contributed by atoms with Crippen LogP contribution in [-0.2, 0) is 11.2 Å². The van der Waals surface area contributed by atoms with Gasteiger partial charge in [0.15, 0.2) is 0 Å². The lowest BCUT2D eigenvalue weighted by atomic mass is 10.0. The van der Waals surface area contributed by atoms with Crippen LogP contribution in [0.15, 0.2) is 12.1 Å². The molecule has 0 saturated carbocycles. The number of hydrogen-bond donors (Lipinski definition) is 1. The van der Waals surface area contributed by atoms with Gasteiger partial charge in [0.25, 0.3) is 0 Å². The van der Waals surface area contributed by atoms with E-state index in [1.54, 1.807) is 0 Å². The molecule has 1 N–H and O–H groups in total. The van der Waals surface area contributed by atoms with Crippen LogP contribution in [0.2, 0.25) is 5.02 Å². The number of ether oxygens (including phenoxy) is 1. The number of aromatic carboxylic acids is 1. The van der Waals surface area contributed by atoms with Gasteiger partial charge in [0, 0.05) is 5.02 Å². The Kier molecular flexibility index (Phi) is 7.56. The van der Waals surface area contributed by atoms with Crippen LogP contribution in [0.1, 0.15) is 73.2 Å². The third-order valence-corrected chi connectivity index (χ3v) is 4.16. The van der Waals surface area contributed by atoms with E-state index >= 15 is 0 Å². The maximum Gasteiger partial charge on any atom is 0.339 e. The summed E-state index contributed by atoms with van der Waals surface area (Å²) in [7, 11) is 0. The molecular formula is C18H25ClO4. The average molecular weight is 341 g/mol.